The maximum Gasteiger partial charge on any atom is 0.308 e. The number of nitro benzene ring substituents is 1. The van der Waals surface area contributed by atoms with Gasteiger partial charge >= 0.3 is 5.69 Å². The molecular weight excluding hydrogens is 239 g/mol. The zero-order valence-electron chi connectivity index (χ0n) is 8.39. The number of nitrogens with zero attached hydrogens (tertiary/aromatic N) is 1. The number of hydrogen-bond donors (Lipinski definition) is 1. The van der Waals surface area contributed by atoms with Gasteiger partial charge in [-0.15, -0.1) is 12.4 Å². The van der Waals surface area contributed by atoms with Gasteiger partial charge in [-0.1, -0.05) is 0 Å². The maximum absolute atomic E-state index is 12.9. The summed E-state index contributed by atoms with van der Waals surface area (Å²) in [5, 5.41) is 10.4. The molecule has 0 atom stereocenters. The van der Waals surface area contributed by atoms with E-state index < -0.39 is 16.4 Å². The van der Waals surface area contributed by atoms with Crippen LogP contribution in [0.3, 0.4) is 0 Å². The second-order valence-corrected chi connectivity index (χ2v) is 2.86. The first-order valence-corrected chi connectivity index (χ1v) is 4.42. The summed E-state index contributed by atoms with van der Waals surface area (Å²) in [7, 11) is 0. The normalized spacial score (nSPS) is 9.38. The third-order valence-corrected chi connectivity index (χ3v) is 1.73. The summed E-state index contributed by atoms with van der Waals surface area (Å²) in [6, 6.07) is 3.42. The minimum absolute atomic E-state index is 0. The highest BCUT2D eigenvalue weighted by Crippen LogP contribution is 2.23. The number of ether oxygens (including phenoxy) is 1. The van der Waals surface area contributed by atoms with Crippen LogP contribution in [0.1, 0.15) is 6.42 Å². The van der Waals surface area contributed by atoms with E-state index in [-0.39, 0.29) is 18.2 Å². The lowest BCUT2D eigenvalue weighted by Crippen LogP contribution is -2.06. The number of hydrogen-bond acceptors (Lipinski definition) is 4. The SMILES string of the molecule is Cl.NCCCOc1ccc(F)c([N+](=O)[O-])c1. The molecule has 0 fully saturated rings. The second kappa shape index (κ2) is 6.97. The van der Waals surface area contributed by atoms with E-state index in [1.54, 1.807) is 0 Å². The lowest BCUT2D eigenvalue weighted by atomic mass is 10.3. The number of nitro groups is 1. The van der Waals surface area contributed by atoms with Crippen molar-refractivity contribution < 1.29 is 14.1 Å². The Balaban J connectivity index is 0.00000225. The molecule has 0 aliphatic carbocycles. The van der Waals surface area contributed by atoms with Crippen molar-refractivity contribution in [2.24, 2.45) is 5.73 Å². The molecule has 0 heterocycles. The molecule has 0 bridgehead atoms. The molecule has 0 spiro atoms. The molecule has 0 saturated carbocycles. The zero-order valence-corrected chi connectivity index (χ0v) is 9.21. The largest absolute Gasteiger partial charge is 0.493 e. The predicted octanol–water partition coefficient (Wildman–Crippen LogP) is 1.88. The number of rotatable bonds is 5. The Morgan fingerprint density at radius 2 is 2.19 bits per heavy atom. The summed E-state index contributed by atoms with van der Waals surface area (Å²) >= 11 is 0. The van der Waals surface area contributed by atoms with Crippen molar-refractivity contribution >= 4 is 18.1 Å². The van der Waals surface area contributed by atoms with Crippen molar-refractivity contribution in [2.75, 3.05) is 13.2 Å². The van der Waals surface area contributed by atoms with Gasteiger partial charge in [-0.3, -0.25) is 10.1 Å². The standard InChI is InChI=1S/C9H11FN2O3.ClH/c10-8-3-2-7(15-5-1-4-11)6-9(8)12(13)14;/h2-3,6H,1,4-5,11H2;1H. The summed E-state index contributed by atoms with van der Waals surface area (Å²) in [4.78, 5) is 9.61. The molecule has 1 aromatic rings. The highest BCUT2D eigenvalue weighted by Gasteiger charge is 2.14. The monoisotopic (exact) mass is 250 g/mol. The van der Waals surface area contributed by atoms with Crippen LogP contribution in [-0.2, 0) is 0 Å². The van der Waals surface area contributed by atoms with Crippen LogP contribution in [0.2, 0.25) is 0 Å². The van der Waals surface area contributed by atoms with E-state index >= 15 is 0 Å². The van der Waals surface area contributed by atoms with Crippen LogP contribution in [0, 0.1) is 15.9 Å². The summed E-state index contributed by atoms with van der Waals surface area (Å²) in [5.41, 5.74) is 4.66. The minimum atomic E-state index is -0.869. The van der Waals surface area contributed by atoms with Crippen molar-refractivity contribution in [1.82, 2.24) is 0 Å². The van der Waals surface area contributed by atoms with Gasteiger partial charge in [0.2, 0.25) is 5.82 Å². The Morgan fingerprint density at radius 3 is 2.75 bits per heavy atom. The highest BCUT2D eigenvalue weighted by atomic mass is 35.5. The van der Waals surface area contributed by atoms with Crippen molar-refractivity contribution in [2.45, 2.75) is 6.42 Å². The lowest BCUT2D eigenvalue weighted by molar-refractivity contribution is -0.387. The molecule has 90 valence electrons. The van der Waals surface area contributed by atoms with Gasteiger partial charge in [0, 0.05) is 0 Å². The number of nitrogens with two attached hydrogens (primary N) is 1. The van der Waals surface area contributed by atoms with Gasteiger partial charge in [0.1, 0.15) is 5.75 Å². The van der Waals surface area contributed by atoms with E-state index in [1.165, 1.54) is 6.07 Å². The summed E-state index contributed by atoms with van der Waals surface area (Å²) in [5.74, 6) is -0.595. The van der Waals surface area contributed by atoms with Crippen molar-refractivity contribution in [1.29, 1.82) is 0 Å². The Hall–Kier alpha value is -1.40. The summed E-state index contributed by atoms with van der Waals surface area (Å²) in [6.07, 6.45) is 0.644. The van der Waals surface area contributed by atoms with Crippen LogP contribution in [0.25, 0.3) is 0 Å². The molecule has 0 aromatic heterocycles. The molecule has 2 N–H and O–H groups in total. The fourth-order valence-corrected chi connectivity index (χ4v) is 0.996. The van der Waals surface area contributed by atoms with Gasteiger partial charge in [-0.2, -0.15) is 4.39 Å². The predicted molar refractivity (Wildman–Crippen MR) is 59.5 cm³/mol. The smallest absolute Gasteiger partial charge is 0.308 e. The van der Waals surface area contributed by atoms with E-state index in [0.717, 1.165) is 12.1 Å². The minimum Gasteiger partial charge on any atom is -0.493 e. The summed E-state index contributed by atoms with van der Waals surface area (Å²) < 4.78 is 18.0. The van der Waals surface area contributed by atoms with Crippen LogP contribution in [0.5, 0.6) is 5.75 Å². The van der Waals surface area contributed by atoms with Crippen molar-refractivity contribution in [3.05, 3.63) is 34.1 Å². The van der Waals surface area contributed by atoms with Gasteiger partial charge in [0.05, 0.1) is 17.6 Å². The fourth-order valence-electron chi connectivity index (χ4n) is 0.996. The van der Waals surface area contributed by atoms with Crippen LogP contribution in [-0.4, -0.2) is 18.1 Å². The first-order valence-electron chi connectivity index (χ1n) is 4.42. The first kappa shape index (κ1) is 14.6. The van der Waals surface area contributed by atoms with Gasteiger partial charge in [0.25, 0.3) is 0 Å². The number of halogens is 2. The molecule has 0 radical (unpaired) electrons. The zero-order chi connectivity index (χ0) is 11.3. The molecule has 1 aromatic carbocycles. The maximum atomic E-state index is 12.9. The first-order chi connectivity index (χ1) is 7.15. The van der Waals surface area contributed by atoms with Gasteiger partial charge in [0.15, 0.2) is 0 Å². The molecule has 1 rings (SSSR count). The molecule has 0 unspecified atom stereocenters. The van der Waals surface area contributed by atoms with Gasteiger partial charge in [-0.05, 0) is 25.1 Å². The molecule has 0 saturated heterocycles. The fraction of sp³-hybridized carbons (Fsp3) is 0.333. The lowest BCUT2D eigenvalue weighted by Gasteiger charge is -2.04. The Morgan fingerprint density at radius 1 is 1.50 bits per heavy atom. The van der Waals surface area contributed by atoms with Crippen molar-refractivity contribution in [3.63, 3.8) is 0 Å². The molecule has 0 amide bonds. The van der Waals surface area contributed by atoms with E-state index in [4.69, 9.17) is 10.5 Å². The summed E-state index contributed by atoms with van der Waals surface area (Å²) in [6.45, 7) is 0.836. The molecule has 0 aliphatic heterocycles. The quantitative estimate of drug-likeness (QED) is 0.492. The molecular formula is C9H12ClFN2O3. The van der Waals surface area contributed by atoms with Crippen LogP contribution in [0.15, 0.2) is 18.2 Å². The van der Waals surface area contributed by atoms with E-state index in [0.29, 0.717) is 19.6 Å². The highest BCUT2D eigenvalue weighted by molar-refractivity contribution is 5.85. The van der Waals surface area contributed by atoms with Crippen molar-refractivity contribution in [3.8, 4) is 5.75 Å². The van der Waals surface area contributed by atoms with E-state index in [1.807, 2.05) is 0 Å². The molecule has 7 heteroatoms. The Kier molecular flexibility index (Phi) is 6.36. The number of benzene rings is 1. The Bertz CT molecular complexity index is 363. The molecule has 0 aliphatic rings. The topological polar surface area (TPSA) is 78.4 Å². The molecule has 5 nitrogen and oxygen atoms in total. The van der Waals surface area contributed by atoms with Crippen LogP contribution in [0.4, 0.5) is 10.1 Å². The van der Waals surface area contributed by atoms with E-state index in [2.05, 4.69) is 0 Å². The molecule has 16 heavy (non-hydrogen) atoms. The Labute approximate surface area is 98.0 Å². The van der Waals surface area contributed by atoms with Crippen LogP contribution < -0.4 is 10.5 Å². The van der Waals surface area contributed by atoms with Gasteiger partial charge < -0.3 is 10.5 Å². The van der Waals surface area contributed by atoms with Gasteiger partial charge in [-0.25, -0.2) is 0 Å². The van der Waals surface area contributed by atoms with E-state index in [9.17, 15) is 14.5 Å². The average Bonchev–Trinajstić information content (AvgIpc) is 2.20. The third kappa shape index (κ3) is 4.00. The van der Waals surface area contributed by atoms with Crippen LogP contribution >= 0.6 is 12.4 Å². The third-order valence-electron chi connectivity index (χ3n) is 1.73. The second-order valence-electron chi connectivity index (χ2n) is 2.86. The average molecular weight is 251 g/mol.